The molecule has 2 N–H and O–H groups in total. The first-order valence-corrected chi connectivity index (χ1v) is 9.42. The van der Waals surface area contributed by atoms with Crippen molar-refractivity contribution in [3.05, 3.63) is 23.8 Å². The summed E-state index contributed by atoms with van der Waals surface area (Å²) in [7, 11) is 0. The lowest BCUT2D eigenvalue weighted by Crippen LogP contribution is -2.43. The number of benzene rings is 1. The van der Waals surface area contributed by atoms with Crippen LogP contribution < -0.4 is 20.1 Å². The van der Waals surface area contributed by atoms with E-state index in [0.717, 1.165) is 25.8 Å². The van der Waals surface area contributed by atoms with Crippen molar-refractivity contribution in [1.29, 1.82) is 0 Å². The Bertz CT molecular complexity index is 697. The Balaban J connectivity index is 0.00000450. The molecule has 170 valence electrons. The Morgan fingerprint density at radius 2 is 2.00 bits per heavy atom. The van der Waals surface area contributed by atoms with Gasteiger partial charge in [-0.2, -0.15) is 13.2 Å². The van der Waals surface area contributed by atoms with Crippen molar-refractivity contribution in [2.24, 2.45) is 0 Å². The van der Waals surface area contributed by atoms with Crippen LogP contribution in [-0.2, 0) is 9.53 Å². The maximum atomic E-state index is 12.6. The van der Waals surface area contributed by atoms with Gasteiger partial charge in [0, 0.05) is 12.6 Å². The van der Waals surface area contributed by atoms with Gasteiger partial charge >= 0.3 is 12.1 Å². The van der Waals surface area contributed by atoms with Gasteiger partial charge in [0.05, 0.1) is 12.2 Å². The zero-order valence-corrected chi connectivity index (χ0v) is 17.4. The largest absolute Gasteiger partial charge is 0.483 e. The maximum absolute atomic E-state index is 12.6. The number of nitrogens with one attached hydrogen (secondary N) is 2. The highest BCUT2D eigenvalue weighted by atomic mass is 35.5. The molecule has 0 aromatic heterocycles. The summed E-state index contributed by atoms with van der Waals surface area (Å²) in [5.74, 6) is -1.27. The van der Waals surface area contributed by atoms with E-state index < -0.39 is 24.7 Å². The standard InChI is InChI=1S/C19H25F3N2O5.ClH/c1-2-27-17(25)11-28-14-6-7-16(29-12-19(20,21)22)15(9-14)18(26)24-10-13-5-3-4-8-23-13;/h6-7,9,13,23H,2-5,8,10-12H2,1H3,(H,24,26);1H. The number of rotatable bonds is 9. The monoisotopic (exact) mass is 454 g/mol. The van der Waals surface area contributed by atoms with Crippen LogP contribution in [0.3, 0.4) is 0 Å². The number of ether oxygens (including phenoxy) is 3. The molecule has 1 unspecified atom stereocenters. The lowest BCUT2D eigenvalue weighted by Gasteiger charge is -2.24. The van der Waals surface area contributed by atoms with E-state index in [1.54, 1.807) is 6.92 Å². The molecule has 7 nitrogen and oxygen atoms in total. The lowest BCUT2D eigenvalue weighted by molar-refractivity contribution is -0.153. The van der Waals surface area contributed by atoms with Gasteiger partial charge in [0.15, 0.2) is 13.2 Å². The highest BCUT2D eigenvalue weighted by Crippen LogP contribution is 2.26. The zero-order chi connectivity index (χ0) is 21.3. The van der Waals surface area contributed by atoms with Crippen LogP contribution in [0.25, 0.3) is 0 Å². The Labute approximate surface area is 179 Å². The van der Waals surface area contributed by atoms with E-state index in [4.69, 9.17) is 14.2 Å². The number of halogens is 4. The van der Waals surface area contributed by atoms with Crippen LogP contribution in [-0.4, -0.2) is 57.0 Å². The fourth-order valence-electron chi connectivity index (χ4n) is 2.82. The number of carbonyl (C=O) groups is 2. The number of carbonyl (C=O) groups excluding carboxylic acids is 2. The van der Waals surface area contributed by atoms with E-state index in [0.29, 0.717) is 6.54 Å². The van der Waals surface area contributed by atoms with Gasteiger partial charge in [0.1, 0.15) is 11.5 Å². The molecule has 1 heterocycles. The molecule has 0 bridgehead atoms. The summed E-state index contributed by atoms with van der Waals surface area (Å²) in [4.78, 5) is 24.0. The van der Waals surface area contributed by atoms with E-state index in [-0.39, 0.29) is 48.7 Å². The third-order valence-electron chi connectivity index (χ3n) is 4.17. The van der Waals surface area contributed by atoms with E-state index >= 15 is 0 Å². The molecule has 30 heavy (non-hydrogen) atoms. The second-order valence-electron chi connectivity index (χ2n) is 6.51. The highest BCUT2D eigenvalue weighted by molar-refractivity contribution is 5.97. The van der Waals surface area contributed by atoms with Crippen LogP contribution >= 0.6 is 12.4 Å². The Morgan fingerprint density at radius 3 is 2.63 bits per heavy atom. The summed E-state index contributed by atoms with van der Waals surface area (Å²) in [5.41, 5.74) is -0.105. The Kier molecular flexibility index (Phi) is 10.8. The first kappa shape index (κ1) is 25.8. The molecule has 1 amide bonds. The Hall–Kier alpha value is -2.20. The number of hydrogen-bond donors (Lipinski definition) is 2. The van der Waals surface area contributed by atoms with Crippen molar-refractivity contribution >= 4 is 24.3 Å². The van der Waals surface area contributed by atoms with Gasteiger partial charge in [-0.25, -0.2) is 4.79 Å². The maximum Gasteiger partial charge on any atom is 0.422 e. The minimum absolute atomic E-state index is 0. The predicted octanol–water partition coefficient (Wildman–Crippen LogP) is 2.86. The van der Waals surface area contributed by atoms with Gasteiger partial charge in [0.25, 0.3) is 5.91 Å². The molecule has 1 aromatic rings. The van der Waals surface area contributed by atoms with Crippen LogP contribution in [0.1, 0.15) is 36.5 Å². The smallest absolute Gasteiger partial charge is 0.422 e. The van der Waals surface area contributed by atoms with E-state index in [2.05, 4.69) is 10.6 Å². The van der Waals surface area contributed by atoms with Crippen molar-refractivity contribution < 1.29 is 37.0 Å². The molecule has 0 aliphatic carbocycles. The van der Waals surface area contributed by atoms with Gasteiger partial charge < -0.3 is 24.8 Å². The summed E-state index contributed by atoms with van der Waals surface area (Å²) in [6.45, 7) is 1.12. The van der Waals surface area contributed by atoms with Crippen LogP contribution in [0.4, 0.5) is 13.2 Å². The van der Waals surface area contributed by atoms with Crippen molar-refractivity contribution in [3.8, 4) is 11.5 Å². The SMILES string of the molecule is CCOC(=O)COc1ccc(OCC(F)(F)F)c(C(=O)NCC2CCCCN2)c1.Cl. The Morgan fingerprint density at radius 1 is 1.23 bits per heavy atom. The number of piperidine rings is 1. The van der Waals surface area contributed by atoms with Gasteiger partial charge in [-0.05, 0) is 44.5 Å². The quantitative estimate of drug-likeness (QED) is 0.558. The molecule has 1 saturated heterocycles. The first-order valence-electron chi connectivity index (χ1n) is 9.42. The second kappa shape index (κ2) is 12.5. The summed E-state index contributed by atoms with van der Waals surface area (Å²) in [5, 5.41) is 5.98. The molecule has 0 saturated carbocycles. The molecule has 1 aromatic carbocycles. The highest BCUT2D eigenvalue weighted by Gasteiger charge is 2.29. The number of alkyl halides is 3. The molecule has 2 rings (SSSR count). The van der Waals surface area contributed by atoms with Gasteiger partial charge in [0.2, 0.25) is 0 Å². The number of hydrogen-bond acceptors (Lipinski definition) is 6. The lowest BCUT2D eigenvalue weighted by atomic mass is 10.0. The zero-order valence-electron chi connectivity index (χ0n) is 16.5. The van der Waals surface area contributed by atoms with Gasteiger partial charge in [-0.15, -0.1) is 12.4 Å². The fourth-order valence-corrected chi connectivity index (χ4v) is 2.82. The molecule has 1 aliphatic rings. The van der Waals surface area contributed by atoms with E-state index in [1.165, 1.54) is 18.2 Å². The normalized spacial score (nSPS) is 16.2. The minimum Gasteiger partial charge on any atom is -0.483 e. The van der Waals surface area contributed by atoms with Crippen molar-refractivity contribution in [1.82, 2.24) is 10.6 Å². The topological polar surface area (TPSA) is 85.9 Å². The first-order chi connectivity index (χ1) is 13.8. The van der Waals surface area contributed by atoms with Crippen LogP contribution in [0.5, 0.6) is 11.5 Å². The van der Waals surface area contributed by atoms with Crippen molar-refractivity contribution in [2.75, 3.05) is 32.9 Å². The molecule has 0 radical (unpaired) electrons. The van der Waals surface area contributed by atoms with Crippen molar-refractivity contribution in [2.45, 2.75) is 38.4 Å². The average molecular weight is 455 g/mol. The molecular formula is C19H26ClF3N2O5. The van der Waals surface area contributed by atoms with Crippen LogP contribution in [0.2, 0.25) is 0 Å². The molecule has 1 atom stereocenters. The molecule has 11 heteroatoms. The van der Waals surface area contributed by atoms with E-state index in [9.17, 15) is 22.8 Å². The van der Waals surface area contributed by atoms with E-state index in [1.807, 2.05) is 0 Å². The second-order valence-corrected chi connectivity index (χ2v) is 6.51. The minimum atomic E-state index is -4.54. The third-order valence-corrected chi connectivity index (χ3v) is 4.17. The third kappa shape index (κ3) is 9.08. The fraction of sp³-hybridized carbons (Fsp3) is 0.579. The summed E-state index contributed by atoms with van der Waals surface area (Å²) in [6, 6.07) is 3.88. The summed E-state index contributed by atoms with van der Waals surface area (Å²) >= 11 is 0. The van der Waals surface area contributed by atoms with Crippen LogP contribution in [0, 0.1) is 0 Å². The van der Waals surface area contributed by atoms with Crippen molar-refractivity contribution in [3.63, 3.8) is 0 Å². The van der Waals surface area contributed by atoms with Crippen LogP contribution in [0.15, 0.2) is 18.2 Å². The average Bonchev–Trinajstić information content (AvgIpc) is 2.69. The van der Waals surface area contributed by atoms with Gasteiger partial charge in [-0.3, -0.25) is 4.79 Å². The number of amides is 1. The number of esters is 1. The summed E-state index contributed by atoms with van der Waals surface area (Å²) in [6.07, 6.45) is -1.52. The molecule has 1 aliphatic heterocycles. The van der Waals surface area contributed by atoms with Gasteiger partial charge in [-0.1, -0.05) is 6.42 Å². The molecular weight excluding hydrogens is 429 g/mol. The molecule has 1 fully saturated rings. The molecule has 0 spiro atoms. The predicted molar refractivity (Wildman–Crippen MR) is 105 cm³/mol. The summed E-state index contributed by atoms with van der Waals surface area (Å²) < 4.78 is 52.3.